The van der Waals surface area contributed by atoms with Crippen molar-refractivity contribution in [2.24, 2.45) is 12.0 Å². The highest BCUT2D eigenvalue weighted by molar-refractivity contribution is 5.99. The lowest BCUT2D eigenvalue weighted by Gasteiger charge is -2.21. The van der Waals surface area contributed by atoms with Gasteiger partial charge in [0.25, 0.3) is 0 Å². The van der Waals surface area contributed by atoms with Crippen molar-refractivity contribution in [1.29, 1.82) is 0 Å². The van der Waals surface area contributed by atoms with Crippen LogP contribution >= 0.6 is 0 Å². The predicted octanol–water partition coefficient (Wildman–Crippen LogP) is 6.21. The van der Waals surface area contributed by atoms with Gasteiger partial charge in [0.1, 0.15) is 24.0 Å². The third-order valence-corrected chi connectivity index (χ3v) is 5.87. The van der Waals surface area contributed by atoms with Crippen molar-refractivity contribution in [3.05, 3.63) is 54.2 Å². The van der Waals surface area contributed by atoms with Crippen molar-refractivity contribution in [3.63, 3.8) is 0 Å². The SMILES string of the molecule is C=Nc1ccc(Nc2ncnc3cc(-c4cn(C)nc4OC(F)F)cc(O[C@H](C)CN(C)C)c23)c(F)c1/C=C\C. The van der Waals surface area contributed by atoms with E-state index in [9.17, 15) is 8.78 Å². The van der Waals surface area contributed by atoms with Crippen LogP contribution in [0, 0.1) is 5.82 Å². The smallest absolute Gasteiger partial charge is 0.388 e. The highest BCUT2D eigenvalue weighted by Crippen LogP contribution is 2.40. The molecule has 210 valence electrons. The minimum absolute atomic E-state index is 0.164. The van der Waals surface area contributed by atoms with Gasteiger partial charge in [0, 0.05) is 25.4 Å². The second kappa shape index (κ2) is 12.2. The highest BCUT2D eigenvalue weighted by Gasteiger charge is 2.21. The standard InChI is InChI=1S/C28H30F3N7O2/c1-7-8-18-20(32-3)9-10-21(25(18)29)35-26-24-22(33-15-34-26)11-17(12-23(24)39-16(2)13-37(4)5)19-14-38(6)36-27(19)40-28(30)31/h7-12,14-16,28H,3,13H2,1-2,4-6H3,(H,33,34,35)/b8-7-/t16-/m1/s1. The van der Waals surface area contributed by atoms with E-state index in [1.165, 1.54) is 11.0 Å². The lowest BCUT2D eigenvalue weighted by Crippen LogP contribution is -2.28. The van der Waals surface area contributed by atoms with Gasteiger partial charge >= 0.3 is 6.61 Å². The number of halogens is 3. The van der Waals surface area contributed by atoms with Crippen LogP contribution in [0.4, 0.5) is 30.4 Å². The van der Waals surface area contributed by atoms with Crippen molar-refractivity contribution in [1.82, 2.24) is 24.6 Å². The van der Waals surface area contributed by atoms with Gasteiger partial charge in [-0.15, -0.1) is 5.10 Å². The van der Waals surface area contributed by atoms with Crippen molar-refractivity contribution < 1.29 is 22.6 Å². The molecule has 9 nitrogen and oxygen atoms in total. The number of likely N-dealkylation sites (N-methyl/N-ethyl adjacent to an activating group) is 1. The molecule has 1 N–H and O–H groups in total. The number of rotatable bonds is 11. The van der Waals surface area contributed by atoms with E-state index in [4.69, 9.17) is 4.74 Å². The number of hydrogen-bond acceptors (Lipinski definition) is 8. The summed E-state index contributed by atoms with van der Waals surface area (Å²) in [6, 6.07) is 6.57. The van der Waals surface area contributed by atoms with Crippen LogP contribution in [0.25, 0.3) is 28.1 Å². The Morgan fingerprint density at radius 1 is 1.20 bits per heavy atom. The molecule has 0 unspecified atom stereocenters. The van der Waals surface area contributed by atoms with Gasteiger partial charge in [-0.2, -0.15) is 8.78 Å². The molecule has 0 aliphatic rings. The first-order valence-electron chi connectivity index (χ1n) is 12.4. The van der Waals surface area contributed by atoms with Crippen molar-refractivity contribution >= 4 is 40.9 Å². The fraction of sp³-hybridized carbons (Fsp3) is 0.286. The van der Waals surface area contributed by atoms with E-state index < -0.39 is 12.4 Å². The minimum atomic E-state index is -3.05. The molecule has 0 saturated carbocycles. The van der Waals surface area contributed by atoms with Crippen molar-refractivity contribution in [3.8, 4) is 22.8 Å². The fourth-order valence-corrected chi connectivity index (χ4v) is 4.37. The van der Waals surface area contributed by atoms with Gasteiger partial charge in [-0.3, -0.25) is 9.67 Å². The van der Waals surface area contributed by atoms with E-state index in [0.717, 1.165) is 0 Å². The number of nitrogens with one attached hydrogen (secondary N) is 1. The van der Waals surface area contributed by atoms with Crippen LogP contribution < -0.4 is 14.8 Å². The fourth-order valence-electron chi connectivity index (χ4n) is 4.37. The summed E-state index contributed by atoms with van der Waals surface area (Å²) >= 11 is 0. The molecule has 0 bridgehead atoms. The minimum Gasteiger partial charge on any atom is -0.489 e. The zero-order valence-corrected chi connectivity index (χ0v) is 22.8. The molecule has 0 amide bonds. The molecule has 2 aromatic heterocycles. The van der Waals surface area contributed by atoms with Gasteiger partial charge in [-0.1, -0.05) is 12.2 Å². The zero-order valence-electron chi connectivity index (χ0n) is 22.8. The number of alkyl halides is 2. The Morgan fingerprint density at radius 3 is 2.65 bits per heavy atom. The molecular formula is C28H30F3N7O2. The number of hydrogen-bond donors (Lipinski definition) is 1. The first kappa shape index (κ1) is 28.6. The molecule has 12 heteroatoms. The lowest BCUT2D eigenvalue weighted by atomic mass is 10.0. The monoisotopic (exact) mass is 553 g/mol. The Bertz CT molecular complexity index is 1550. The quantitative estimate of drug-likeness (QED) is 0.221. The number of nitrogens with zero attached hydrogens (tertiary/aromatic N) is 6. The molecule has 0 aliphatic heterocycles. The van der Waals surface area contributed by atoms with Gasteiger partial charge < -0.3 is 19.7 Å². The van der Waals surface area contributed by atoms with Crippen LogP contribution in [0.1, 0.15) is 19.4 Å². The van der Waals surface area contributed by atoms with Crippen molar-refractivity contribution in [2.45, 2.75) is 26.6 Å². The van der Waals surface area contributed by atoms with E-state index in [0.29, 0.717) is 45.8 Å². The number of aryl methyl sites for hydroxylation is 1. The molecule has 4 rings (SSSR count). The lowest BCUT2D eigenvalue weighted by molar-refractivity contribution is -0.0527. The zero-order chi connectivity index (χ0) is 29.0. The first-order chi connectivity index (χ1) is 19.1. The van der Waals surface area contributed by atoms with E-state index in [-0.39, 0.29) is 23.2 Å². The predicted molar refractivity (Wildman–Crippen MR) is 151 cm³/mol. The summed E-state index contributed by atoms with van der Waals surface area (Å²) in [4.78, 5) is 14.7. The number of anilines is 2. The summed E-state index contributed by atoms with van der Waals surface area (Å²) in [5, 5.41) is 7.57. The highest BCUT2D eigenvalue weighted by atomic mass is 19.3. The van der Waals surface area contributed by atoms with E-state index >= 15 is 4.39 Å². The van der Waals surface area contributed by atoms with Crippen LogP contribution in [-0.4, -0.2) is 64.7 Å². The molecule has 1 atom stereocenters. The summed E-state index contributed by atoms with van der Waals surface area (Å²) in [5.41, 5.74) is 2.11. The second-order valence-electron chi connectivity index (χ2n) is 9.32. The molecule has 2 heterocycles. The Hall–Kier alpha value is -4.45. The maximum atomic E-state index is 15.5. The largest absolute Gasteiger partial charge is 0.489 e. The average Bonchev–Trinajstić information content (AvgIpc) is 3.25. The third kappa shape index (κ3) is 6.23. The molecule has 0 fully saturated rings. The molecular weight excluding hydrogens is 523 g/mol. The van der Waals surface area contributed by atoms with Crippen LogP contribution in [0.3, 0.4) is 0 Å². The summed E-state index contributed by atoms with van der Waals surface area (Å²) in [5.74, 6) is -0.0937. The number of aliphatic imine (C=N–C) groups is 1. The number of ether oxygens (including phenoxy) is 2. The average molecular weight is 554 g/mol. The van der Waals surface area contributed by atoms with Crippen LogP contribution in [0.2, 0.25) is 0 Å². The van der Waals surface area contributed by atoms with Gasteiger partial charge in [0.05, 0.1) is 27.8 Å². The Kier molecular flexibility index (Phi) is 8.68. The van der Waals surface area contributed by atoms with Crippen LogP contribution in [0.5, 0.6) is 11.6 Å². The van der Waals surface area contributed by atoms with Crippen molar-refractivity contribution in [2.75, 3.05) is 26.0 Å². The molecule has 0 aliphatic carbocycles. The topological polar surface area (TPSA) is 89.7 Å². The summed E-state index contributed by atoms with van der Waals surface area (Å²) < 4.78 is 54.1. The normalized spacial score (nSPS) is 12.4. The number of fused-ring (bicyclic) bond motifs is 1. The van der Waals surface area contributed by atoms with Gasteiger partial charge in [0.15, 0.2) is 5.82 Å². The molecule has 0 saturated heterocycles. The first-order valence-corrected chi connectivity index (χ1v) is 12.4. The molecule has 40 heavy (non-hydrogen) atoms. The van der Waals surface area contributed by atoms with Gasteiger partial charge in [-0.25, -0.2) is 14.4 Å². The third-order valence-electron chi connectivity index (χ3n) is 5.87. The van der Waals surface area contributed by atoms with Gasteiger partial charge in [-0.05, 0) is 64.5 Å². The van der Waals surface area contributed by atoms with Crippen LogP contribution in [-0.2, 0) is 7.05 Å². The Labute approximate surface area is 230 Å². The second-order valence-corrected chi connectivity index (χ2v) is 9.32. The molecule has 0 radical (unpaired) electrons. The number of allylic oxidation sites excluding steroid dienone is 1. The number of aromatic nitrogens is 4. The Morgan fingerprint density at radius 2 is 1.98 bits per heavy atom. The molecule has 0 spiro atoms. The maximum absolute atomic E-state index is 15.5. The van der Waals surface area contributed by atoms with E-state index in [2.05, 4.69) is 36.8 Å². The Balaban J connectivity index is 1.89. The van der Waals surface area contributed by atoms with E-state index in [1.54, 1.807) is 56.6 Å². The summed E-state index contributed by atoms with van der Waals surface area (Å²) in [7, 11) is 5.44. The van der Waals surface area contributed by atoms with Gasteiger partial charge in [0.2, 0.25) is 5.88 Å². The number of benzene rings is 2. The summed E-state index contributed by atoms with van der Waals surface area (Å²) in [6.07, 6.45) is 5.94. The molecule has 2 aromatic carbocycles. The summed E-state index contributed by atoms with van der Waals surface area (Å²) in [6.45, 7) is 4.73. The maximum Gasteiger partial charge on any atom is 0.388 e. The molecule has 4 aromatic rings. The van der Waals surface area contributed by atoms with E-state index in [1.807, 2.05) is 25.9 Å². The van der Waals surface area contributed by atoms with Crippen LogP contribution in [0.15, 0.2) is 47.9 Å².